The van der Waals surface area contributed by atoms with Crippen LogP contribution in [0.1, 0.15) is 67.8 Å². The Labute approximate surface area is 148 Å². The molecule has 0 aromatic carbocycles. The number of thiophene rings is 1. The zero-order valence-corrected chi connectivity index (χ0v) is 16.1. The van der Waals surface area contributed by atoms with Crippen LogP contribution in [0.25, 0.3) is 0 Å². The molecule has 24 heavy (non-hydrogen) atoms. The van der Waals surface area contributed by atoms with Gasteiger partial charge in [-0.15, -0.1) is 11.3 Å². The van der Waals surface area contributed by atoms with Gasteiger partial charge in [-0.05, 0) is 42.1 Å². The van der Waals surface area contributed by atoms with Crippen molar-refractivity contribution < 1.29 is 14.3 Å². The molecule has 1 amide bonds. The van der Waals surface area contributed by atoms with Gasteiger partial charge < -0.3 is 10.1 Å². The number of carbonyl (C=O) groups is 2. The summed E-state index contributed by atoms with van der Waals surface area (Å²) in [5.74, 6) is -0.344. The predicted octanol–water partition coefficient (Wildman–Crippen LogP) is 4.42. The fourth-order valence-corrected chi connectivity index (χ4v) is 5.46. The van der Waals surface area contributed by atoms with E-state index in [0.29, 0.717) is 10.6 Å². The second-order valence-electron chi connectivity index (χ2n) is 8.13. The Hall–Kier alpha value is -1.36. The van der Waals surface area contributed by atoms with E-state index in [-0.39, 0.29) is 28.6 Å². The van der Waals surface area contributed by atoms with E-state index in [0.717, 1.165) is 31.2 Å². The van der Waals surface area contributed by atoms with Crippen LogP contribution in [0.2, 0.25) is 0 Å². The Kier molecular flexibility index (Phi) is 4.27. The van der Waals surface area contributed by atoms with Crippen molar-refractivity contribution in [3.63, 3.8) is 0 Å². The largest absolute Gasteiger partial charge is 0.465 e. The van der Waals surface area contributed by atoms with Gasteiger partial charge in [0.1, 0.15) is 5.00 Å². The van der Waals surface area contributed by atoms with Gasteiger partial charge in [-0.1, -0.05) is 34.1 Å². The van der Waals surface area contributed by atoms with Crippen LogP contribution in [0.3, 0.4) is 0 Å². The SMILES string of the molecule is COC(=O)c1c(NC(=O)C2C(C)(C)C2(C)C)sc2c1CCCCC2. The Morgan fingerprint density at radius 2 is 1.71 bits per heavy atom. The van der Waals surface area contributed by atoms with Gasteiger partial charge >= 0.3 is 5.97 Å². The highest BCUT2D eigenvalue weighted by Gasteiger charge is 2.68. The van der Waals surface area contributed by atoms with E-state index in [1.54, 1.807) is 11.3 Å². The summed E-state index contributed by atoms with van der Waals surface area (Å²) in [5, 5.41) is 3.73. The minimum absolute atomic E-state index is 0.0170. The van der Waals surface area contributed by atoms with Crippen LogP contribution >= 0.6 is 11.3 Å². The number of hydrogen-bond acceptors (Lipinski definition) is 4. The Bertz CT molecular complexity index is 673. The van der Waals surface area contributed by atoms with Gasteiger partial charge in [-0.25, -0.2) is 4.79 Å². The first kappa shape index (κ1) is 17.5. The highest BCUT2D eigenvalue weighted by molar-refractivity contribution is 7.17. The summed E-state index contributed by atoms with van der Waals surface area (Å²) < 4.78 is 5.00. The molecule has 5 heteroatoms. The molecule has 1 fully saturated rings. The van der Waals surface area contributed by atoms with Gasteiger partial charge in [0.05, 0.1) is 12.7 Å². The van der Waals surface area contributed by atoms with Crippen molar-refractivity contribution in [3.8, 4) is 0 Å². The third-order valence-corrected chi connectivity index (χ3v) is 7.54. The lowest BCUT2D eigenvalue weighted by Gasteiger charge is -2.08. The normalized spacial score (nSPS) is 21.5. The zero-order valence-electron chi connectivity index (χ0n) is 15.2. The molecule has 132 valence electrons. The number of amides is 1. The molecule has 0 atom stereocenters. The molecule has 1 heterocycles. The first-order valence-electron chi connectivity index (χ1n) is 8.75. The van der Waals surface area contributed by atoms with Crippen molar-refractivity contribution in [1.82, 2.24) is 0 Å². The molecule has 0 radical (unpaired) electrons. The summed E-state index contributed by atoms with van der Waals surface area (Å²) in [6.45, 7) is 8.51. The molecule has 0 spiro atoms. The Morgan fingerprint density at radius 3 is 2.29 bits per heavy atom. The lowest BCUT2D eigenvalue weighted by atomic mass is 10.0. The summed E-state index contributed by atoms with van der Waals surface area (Å²) in [6.07, 6.45) is 5.30. The van der Waals surface area contributed by atoms with Crippen LogP contribution in [0, 0.1) is 16.7 Å². The number of esters is 1. The van der Waals surface area contributed by atoms with E-state index >= 15 is 0 Å². The number of anilines is 1. The third kappa shape index (κ3) is 2.57. The van der Waals surface area contributed by atoms with Crippen LogP contribution in [0.15, 0.2) is 0 Å². The fraction of sp³-hybridized carbons (Fsp3) is 0.684. The van der Waals surface area contributed by atoms with E-state index in [1.165, 1.54) is 18.4 Å². The van der Waals surface area contributed by atoms with E-state index < -0.39 is 0 Å². The number of carbonyl (C=O) groups excluding carboxylic acids is 2. The van der Waals surface area contributed by atoms with Crippen LogP contribution < -0.4 is 5.32 Å². The highest BCUT2D eigenvalue weighted by atomic mass is 32.1. The van der Waals surface area contributed by atoms with Crippen molar-refractivity contribution in [1.29, 1.82) is 0 Å². The quantitative estimate of drug-likeness (QED) is 0.649. The third-order valence-electron chi connectivity index (χ3n) is 6.33. The summed E-state index contributed by atoms with van der Waals surface area (Å²) in [4.78, 5) is 26.4. The summed E-state index contributed by atoms with van der Waals surface area (Å²) >= 11 is 1.56. The zero-order chi connectivity index (χ0) is 17.7. The van der Waals surface area contributed by atoms with Gasteiger partial charge in [0.2, 0.25) is 5.91 Å². The number of hydrogen-bond donors (Lipinski definition) is 1. The van der Waals surface area contributed by atoms with E-state index in [2.05, 4.69) is 33.0 Å². The van der Waals surface area contributed by atoms with Crippen molar-refractivity contribution in [2.24, 2.45) is 16.7 Å². The topological polar surface area (TPSA) is 55.4 Å². The first-order chi connectivity index (χ1) is 11.2. The molecule has 2 aliphatic rings. The maximum Gasteiger partial charge on any atom is 0.341 e. The molecular formula is C19H27NO3S. The molecule has 1 aromatic rings. The van der Waals surface area contributed by atoms with Gasteiger partial charge in [-0.3, -0.25) is 4.79 Å². The van der Waals surface area contributed by atoms with Gasteiger partial charge in [0.15, 0.2) is 0 Å². The van der Waals surface area contributed by atoms with Crippen LogP contribution in [-0.2, 0) is 22.4 Å². The van der Waals surface area contributed by atoms with E-state index in [4.69, 9.17) is 4.74 Å². The maximum atomic E-state index is 12.8. The van der Waals surface area contributed by atoms with Gasteiger partial charge in [0.25, 0.3) is 0 Å². The van der Waals surface area contributed by atoms with Crippen molar-refractivity contribution >= 4 is 28.2 Å². The van der Waals surface area contributed by atoms with Crippen LogP contribution in [-0.4, -0.2) is 19.0 Å². The summed E-state index contributed by atoms with van der Waals surface area (Å²) in [5.41, 5.74) is 1.64. The summed E-state index contributed by atoms with van der Waals surface area (Å²) in [6, 6.07) is 0. The maximum absolute atomic E-state index is 12.8. The molecule has 0 unspecified atom stereocenters. The number of rotatable bonds is 3. The molecule has 0 saturated heterocycles. The Morgan fingerprint density at radius 1 is 1.08 bits per heavy atom. The van der Waals surface area contributed by atoms with E-state index in [9.17, 15) is 9.59 Å². The predicted molar refractivity (Wildman–Crippen MR) is 96.6 cm³/mol. The second-order valence-corrected chi connectivity index (χ2v) is 9.23. The smallest absolute Gasteiger partial charge is 0.341 e. The van der Waals surface area contributed by atoms with Crippen LogP contribution in [0.4, 0.5) is 5.00 Å². The molecule has 1 N–H and O–H groups in total. The molecule has 4 nitrogen and oxygen atoms in total. The molecule has 2 aliphatic carbocycles. The molecule has 3 rings (SSSR count). The molecule has 0 aliphatic heterocycles. The lowest BCUT2D eigenvalue weighted by Crippen LogP contribution is -2.19. The Balaban J connectivity index is 1.91. The van der Waals surface area contributed by atoms with Crippen LogP contribution in [0.5, 0.6) is 0 Å². The molecule has 1 aromatic heterocycles. The molecule has 1 saturated carbocycles. The van der Waals surface area contributed by atoms with Crippen molar-refractivity contribution in [2.45, 2.75) is 59.8 Å². The minimum Gasteiger partial charge on any atom is -0.465 e. The second kappa shape index (κ2) is 5.87. The van der Waals surface area contributed by atoms with Gasteiger partial charge in [0, 0.05) is 10.8 Å². The summed E-state index contributed by atoms with van der Waals surface area (Å²) in [7, 11) is 1.40. The standard InChI is InChI=1S/C19H27NO3S/c1-18(2)14(19(18,3)4)15(21)20-16-13(17(22)23-5)11-9-7-6-8-10-12(11)24-16/h14H,6-10H2,1-5H3,(H,20,21). The van der Waals surface area contributed by atoms with Gasteiger partial charge in [-0.2, -0.15) is 0 Å². The van der Waals surface area contributed by atoms with E-state index in [1.807, 2.05) is 0 Å². The first-order valence-corrected chi connectivity index (χ1v) is 9.57. The van der Waals surface area contributed by atoms with Crippen molar-refractivity contribution in [2.75, 3.05) is 12.4 Å². The fourth-order valence-electron chi connectivity index (χ4n) is 4.18. The average Bonchev–Trinajstić information content (AvgIpc) is 2.85. The average molecular weight is 349 g/mol. The lowest BCUT2D eigenvalue weighted by molar-refractivity contribution is -0.118. The molecule has 0 bridgehead atoms. The number of methoxy groups -OCH3 is 1. The number of aryl methyl sites for hydroxylation is 1. The highest BCUT2D eigenvalue weighted by Crippen LogP contribution is 2.68. The number of nitrogens with one attached hydrogen (secondary N) is 1. The number of fused-ring (bicyclic) bond motifs is 1. The molecular weight excluding hydrogens is 322 g/mol. The minimum atomic E-state index is -0.334. The van der Waals surface area contributed by atoms with Crippen molar-refractivity contribution in [3.05, 3.63) is 16.0 Å². The number of ether oxygens (including phenoxy) is 1. The monoisotopic (exact) mass is 349 g/mol.